The number of amides is 1. The lowest BCUT2D eigenvalue weighted by Gasteiger charge is -2.33. The number of likely N-dealkylation sites (tertiary alicyclic amines) is 2. The SMILES string of the molecule is CCc1nc2ccccc2n1CC(=O)N1CCC[C@@H]1[C@H]1CCCN1C. The van der Waals surface area contributed by atoms with Gasteiger partial charge in [0.05, 0.1) is 11.0 Å². The lowest BCUT2D eigenvalue weighted by molar-refractivity contribution is -0.133. The summed E-state index contributed by atoms with van der Waals surface area (Å²) in [5.74, 6) is 1.25. The van der Waals surface area contributed by atoms with Crippen molar-refractivity contribution < 1.29 is 4.79 Å². The van der Waals surface area contributed by atoms with Crippen LogP contribution in [0.15, 0.2) is 24.3 Å². The van der Waals surface area contributed by atoms with Crippen LogP contribution < -0.4 is 0 Å². The van der Waals surface area contributed by atoms with Gasteiger partial charge in [0.1, 0.15) is 12.4 Å². The van der Waals surface area contributed by atoms with Gasteiger partial charge in [-0.15, -0.1) is 0 Å². The summed E-state index contributed by atoms with van der Waals surface area (Å²) in [5.41, 5.74) is 2.06. The van der Waals surface area contributed by atoms with Crippen molar-refractivity contribution in [3.05, 3.63) is 30.1 Å². The van der Waals surface area contributed by atoms with Gasteiger partial charge in [0.15, 0.2) is 0 Å². The molecule has 25 heavy (non-hydrogen) atoms. The highest BCUT2D eigenvalue weighted by molar-refractivity contribution is 5.81. The van der Waals surface area contributed by atoms with Crippen molar-refractivity contribution in [2.45, 2.75) is 57.7 Å². The molecule has 0 spiro atoms. The maximum absolute atomic E-state index is 13.2. The van der Waals surface area contributed by atoms with Gasteiger partial charge in [-0.1, -0.05) is 19.1 Å². The maximum Gasteiger partial charge on any atom is 0.242 e. The highest BCUT2D eigenvalue weighted by atomic mass is 16.2. The predicted molar refractivity (Wildman–Crippen MR) is 99.5 cm³/mol. The summed E-state index contributed by atoms with van der Waals surface area (Å²) in [6, 6.07) is 9.06. The van der Waals surface area contributed by atoms with Gasteiger partial charge < -0.3 is 14.4 Å². The molecule has 0 N–H and O–H groups in total. The van der Waals surface area contributed by atoms with Crippen LogP contribution in [-0.4, -0.2) is 57.5 Å². The lowest BCUT2D eigenvalue weighted by atomic mass is 10.0. The number of para-hydroxylation sites is 2. The first kappa shape index (κ1) is 16.6. The van der Waals surface area contributed by atoms with Gasteiger partial charge in [-0.05, 0) is 51.4 Å². The minimum absolute atomic E-state index is 0.251. The highest BCUT2D eigenvalue weighted by Gasteiger charge is 2.38. The van der Waals surface area contributed by atoms with Gasteiger partial charge in [-0.3, -0.25) is 4.79 Å². The Bertz CT molecular complexity index is 768. The van der Waals surface area contributed by atoms with Crippen LogP contribution in [0.3, 0.4) is 0 Å². The molecule has 2 aliphatic heterocycles. The predicted octanol–water partition coefficient (Wildman–Crippen LogP) is 2.68. The van der Waals surface area contributed by atoms with Gasteiger partial charge >= 0.3 is 0 Å². The Morgan fingerprint density at radius 1 is 1.16 bits per heavy atom. The summed E-state index contributed by atoms with van der Waals surface area (Å²) in [4.78, 5) is 22.5. The monoisotopic (exact) mass is 340 g/mol. The maximum atomic E-state index is 13.2. The third kappa shape index (κ3) is 2.95. The van der Waals surface area contributed by atoms with Crippen LogP contribution in [0.25, 0.3) is 11.0 Å². The zero-order valence-electron chi connectivity index (χ0n) is 15.3. The molecule has 1 aromatic heterocycles. The number of carbonyl (C=O) groups excluding carboxylic acids is 1. The van der Waals surface area contributed by atoms with Crippen LogP contribution in [0.2, 0.25) is 0 Å². The summed E-state index contributed by atoms with van der Waals surface area (Å²) in [5, 5.41) is 0. The minimum atomic E-state index is 0.251. The number of aryl methyl sites for hydroxylation is 1. The minimum Gasteiger partial charge on any atom is -0.337 e. The number of likely N-dealkylation sites (N-methyl/N-ethyl adjacent to an activating group) is 1. The van der Waals surface area contributed by atoms with E-state index in [1.165, 1.54) is 12.8 Å². The molecule has 2 aromatic rings. The molecule has 1 amide bonds. The molecule has 0 unspecified atom stereocenters. The molecular weight excluding hydrogens is 312 g/mol. The van der Waals surface area contributed by atoms with Crippen LogP contribution in [0, 0.1) is 0 Å². The van der Waals surface area contributed by atoms with Crippen molar-refractivity contribution in [2.24, 2.45) is 0 Å². The summed E-state index contributed by atoms with van der Waals surface area (Å²) in [7, 11) is 2.21. The summed E-state index contributed by atoms with van der Waals surface area (Å²) in [6.07, 6.45) is 5.60. The number of benzene rings is 1. The van der Waals surface area contributed by atoms with E-state index in [9.17, 15) is 4.79 Å². The van der Waals surface area contributed by atoms with Gasteiger partial charge in [-0.25, -0.2) is 4.98 Å². The van der Waals surface area contributed by atoms with E-state index in [-0.39, 0.29) is 5.91 Å². The van der Waals surface area contributed by atoms with Crippen molar-refractivity contribution in [3.63, 3.8) is 0 Å². The number of hydrogen-bond donors (Lipinski definition) is 0. The average Bonchev–Trinajstić information content (AvgIpc) is 3.33. The zero-order valence-corrected chi connectivity index (χ0v) is 15.3. The Hall–Kier alpha value is -1.88. The molecule has 0 radical (unpaired) electrons. The number of nitrogens with zero attached hydrogens (tertiary/aromatic N) is 4. The molecular formula is C20H28N4O. The van der Waals surface area contributed by atoms with E-state index in [1.54, 1.807) is 0 Å². The van der Waals surface area contributed by atoms with Crippen LogP contribution in [0.5, 0.6) is 0 Å². The van der Waals surface area contributed by atoms with Crippen LogP contribution >= 0.6 is 0 Å². The van der Waals surface area contributed by atoms with E-state index >= 15 is 0 Å². The first-order valence-corrected chi connectivity index (χ1v) is 9.63. The standard InChI is InChI=1S/C20H28N4O/c1-3-19-21-15-8-4-5-9-16(15)24(19)14-20(25)23-13-7-11-18(23)17-10-6-12-22(17)2/h4-5,8-9,17-18H,3,6-7,10-14H2,1-2H3/t17-,18-/m1/s1. The summed E-state index contributed by atoms with van der Waals surface area (Å²) < 4.78 is 2.12. The molecule has 0 aliphatic carbocycles. The number of fused-ring (bicyclic) bond motifs is 1. The molecule has 134 valence electrons. The molecule has 0 bridgehead atoms. The quantitative estimate of drug-likeness (QED) is 0.859. The van der Waals surface area contributed by atoms with E-state index in [0.717, 1.165) is 49.2 Å². The molecule has 2 fully saturated rings. The Balaban J connectivity index is 1.57. The van der Waals surface area contributed by atoms with E-state index in [2.05, 4.69) is 34.4 Å². The second kappa shape index (κ2) is 6.79. The molecule has 3 heterocycles. The van der Waals surface area contributed by atoms with Gasteiger partial charge in [0.25, 0.3) is 0 Å². The van der Waals surface area contributed by atoms with E-state index < -0.39 is 0 Å². The molecule has 0 saturated carbocycles. The molecule has 2 saturated heterocycles. The number of rotatable bonds is 4. The number of hydrogen-bond acceptors (Lipinski definition) is 3. The van der Waals surface area contributed by atoms with Crippen LogP contribution in [0.4, 0.5) is 0 Å². The van der Waals surface area contributed by atoms with Crippen molar-refractivity contribution in [2.75, 3.05) is 20.1 Å². The molecule has 1 aromatic carbocycles. The molecule has 5 nitrogen and oxygen atoms in total. The Labute approximate surface area is 149 Å². The fraction of sp³-hybridized carbons (Fsp3) is 0.600. The zero-order chi connectivity index (χ0) is 17.4. The van der Waals surface area contributed by atoms with Crippen molar-refractivity contribution >= 4 is 16.9 Å². The first-order valence-electron chi connectivity index (χ1n) is 9.63. The van der Waals surface area contributed by atoms with Gasteiger partial charge in [0, 0.05) is 25.0 Å². The van der Waals surface area contributed by atoms with Crippen LogP contribution in [0.1, 0.15) is 38.4 Å². The molecule has 2 aliphatic rings. The molecule has 2 atom stereocenters. The first-order chi connectivity index (χ1) is 12.2. The largest absolute Gasteiger partial charge is 0.337 e. The second-order valence-electron chi connectivity index (χ2n) is 7.44. The highest BCUT2D eigenvalue weighted by Crippen LogP contribution is 2.29. The number of carbonyl (C=O) groups is 1. The topological polar surface area (TPSA) is 41.4 Å². The third-order valence-corrected chi connectivity index (χ3v) is 5.98. The summed E-state index contributed by atoms with van der Waals surface area (Å²) >= 11 is 0. The number of imidazole rings is 1. The molecule has 5 heteroatoms. The van der Waals surface area contributed by atoms with E-state index in [4.69, 9.17) is 4.98 Å². The van der Waals surface area contributed by atoms with Crippen molar-refractivity contribution in [1.29, 1.82) is 0 Å². The Morgan fingerprint density at radius 2 is 1.92 bits per heavy atom. The average molecular weight is 340 g/mol. The van der Waals surface area contributed by atoms with Crippen molar-refractivity contribution in [1.82, 2.24) is 19.4 Å². The lowest BCUT2D eigenvalue weighted by Crippen LogP contribution is -2.48. The van der Waals surface area contributed by atoms with Gasteiger partial charge in [-0.2, -0.15) is 0 Å². The fourth-order valence-corrected chi connectivity index (χ4v) is 4.72. The Morgan fingerprint density at radius 3 is 2.68 bits per heavy atom. The van der Waals surface area contributed by atoms with E-state index in [1.807, 2.05) is 18.2 Å². The smallest absolute Gasteiger partial charge is 0.242 e. The van der Waals surface area contributed by atoms with E-state index in [0.29, 0.717) is 18.6 Å². The fourth-order valence-electron chi connectivity index (χ4n) is 4.72. The van der Waals surface area contributed by atoms with Gasteiger partial charge in [0.2, 0.25) is 5.91 Å². The Kier molecular flexibility index (Phi) is 4.50. The second-order valence-corrected chi connectivity index (χ2v) is 7.44. The third-order valence-electron chi connectivity index (χ3n) is 5.98. The normalized spacial score (nSPS) is 24.5. The van der Waals surface area contributed by atoms with Crippen molar-refractivity contribution in [3.8, 4) is 0 Å². The number of aromatic nitrogens is 2. The molecule has 4 rings (SSSR count). The summed E-state index contributed by atoms with van der Waals surface area (Å²) in [6.45, 7) is 4.59. The van der Waals surface area contributed by atoms with Crippen LogP contribution in [-0.2, 0) is 17.8 Å².